The second-order valence-electron chi connectivity index (χ2n) is 3.08. The molecule has 0 radical (unpaired) electrons. The van der Waals surface area contributed by atoms with Crippen LogP contribution in [0, 0.1) is 0 Å². The molecule has 1 saturated heterocycles. The molecule has 0 aromatic heterocycles. The van der Waals surface area contributed by atoms with Crippen LogP contribution in [0.5, 0.6) is 0 Å². The zero-order valence-corrected chi connectivity index (χ0v) is 8.95. The van der Waals surface area contributed by atoms with Gasteiger partial charge in [0.15, 0.2) is 0 Å². The molecule has 0 aliphatic carbocycles. The van der Waals surface area contributed by atoms with E-state index in [0.717, 1.165) is 0 Å². The largest absolute Gasteiger partial charge is 0.524 e. The number of hydrogen-bond acceptors (Lipinski definition) is 6. The molecule has 1 heterocycles. The maximum absolute atomic E-state index is 12.0. The molecule has 0 aromatic rings. The van der Waals surface area contributed by atoms with Crippen molar-refractivity contribution in [3.8, 4) is 0 Å². The maximum atomic E-state index is 12.0. The number of methoxy groups -OCH3 is 1. The van der Waals surface area contributed by atoms with Gasteiger partial charge in [-0.3, -0.25) is 0 Å². The van der Waals surface area contributed by atoms with Crippen LogP contribution in [-0.2, 0) is 19.1 Å². The quantitative estimate of drug-likeness (QED) is 0.732. The number of hydroxylamine groups is 2. The monoisotopic (exact) mass is 265 g/mol. The molecule has 10 heteroatoms. The highest BCUT2D eigenvalue weighted by Crippen LogP contribution is 2.30. The van der Waals surface area contributed by atoms with E-state index in [1.807, 2.05) is 0 Å². The van der Waals surface area contributed by atoms with Crippen LogP contribution < -0.4 is 0 Å². The third-order valence-corrected chi connectivity index (χ3v) is 2.92. The molecule has 0 spiro atoms. The molecule has 2 unspecified atom stereocenters. The summed E-state index contributed by atoms with van der Waals surface area (Å²) < 4.78 is 65.7. The Hall–Kier alpha value is -0.420. The Morgan fingerprint density at radius 3 is 2.38 bits per heavy atom. The first kappa shape index (κ1) is 13.6. The zero-order valence-electron chi connectivity index (χ0n) is 8.14. The molecule has 0 amide bonds. The van der Waals surface area contributed by atoms with E-state index in [-0.39, 0.29) is 17.9 Å². The molecule has 1 rings (SSSR count). The summed E-state index contributed by atoms with van der Waals surface area (Å²) in [6.07, 6.45) is -2.23. The lowest BCUT2D eigenvalue weighted by Gasteiger charge is -2.24. The summed E-state index contributed by atoms with van der Waals surface area (Å²) in [5, 5.41) is 9.49. The summed E-state index contributed by atoms with van der Waals surface area (Å²) in [6, 6.07) is 0. The highest BCUT2D eigenvalue weighted by atomic mass is 32.2. The first-order valence-electron chi connectivity index (χ1n) is 4.19. The van der Waals surface area contributed by atoms with Crippen LogP contribution in [0.25, 0.3) is 0 Å². The van der Waals surface area contributed by atoms with Gasteiger partial charge in [0.1, 0.15) is 12.5 Å². The van der Waals surface area contributed by atoms with Crippen molar-refractivity contribution in [1.29, 1.82) is 0 Å². The van der Waals surface area contributed by atoms with Gasteiger partial charge in [0.2, 0.25) is 0 Å². The van der Waals surface area contributed by atoms with Crippen LogP contribution in [-0.4, -0.2) is 43.7 Å². The molecule has 0 saturated carbocycles. The van der Waals surface area contributed by atoms with Gasteiger partial charge >= 0.3 is 15.6 Å². The molecule has 1 N–H and O–H groups in total. The highest BCUT2D eigenvalue weighted by molar-refractivity contribution is 7.87. The van der Waals surface area contributed by atoms with Gasteiger partial charge in [0.25, 0.3) is 0 Å². The minimum atomic E-state index is -5.77. The molecule has 0 bridgehead atoms. The van der Waals surface area contributed by atoms with Crippen molar-refractivity contribution in [2.45, 2.75) is 30.8 Å². The summed E-state index contributed by atoms with van der Waals surface area (Å²) >= 11 is 0. The van der Waals surface area contributed by atoms with Gasteiger partial charge in [0.05, 0.1) is 0 Å². The van der Waals surface area contributed by atoms with Gasteiger partial charge in [-0.2, -0.15) is 25.9 Å². The zero-order chi connectivity index (χ0) is 12.6. The van der Waals surface area contributed by atoms with Gasteiger partial charge in [0, 0.05) is 7.11 Å². The normalized spacial score (nSPS) is 28.6. The SMILES string of the molecule is COC1CCC(O)N1OS(=O)(=O)C(F)(F)F. The van der Waals surface area contributed by atoms with Crippen molar-refractivity contribution >= 4 is 10.1 Å². The Bertz CT molecular complexity index is 343. The number of aliphatic hydroxyl groups is 1. The molecule has 1 aliphatic rings. The predicted octanol–water partition coefficient (Wildman–Crippen LogP) is 0.154. The smallest absolute Gasteiger partial charge is 0.376 e. The fourth-order valence-electron chi connectivity index (χ4n) is 1.21. The van der Waals surface area contributed by atoms with Crippen LogP contribution in [0.2, 0.25) is 0 Å². The minimum absolute atomic E-state index is 0.0614. The molecular weight excluding hydrogens is 255 g/mol. The van der Waals surface area contributed by atoms with Gasteiger partial charge in [-0.15, -0.1) is 5.06 Å². The van der Waals surface area contributed by atoms with Gasteiger partial charge in [-0.1, -0.05) is 0 Å². The fourth-order valence-corrected chi connectivity index (χ4v) is 1.72. The fraction of sp³-hybridized carbons (Fsp3) is 1.00. The van der Waals surface area contributed by atoms with E-state index in [1.165, 1.54) is 7.11 Å². The second kappa shape index (κ2) is 4.45. The first-order valence-corrected chi connectivity index (χ1v) is 5.60. The topological polar surface area (TPSA) is 76.1 Å². The minimum Gasteiger partial charge on any atom is -0.376 e. The van der Waals surface area contributed by atoms with Crippen molar-refractivity contribution < 1.29 is 35.7 Å². The molecule has 96 valence electrons. The average molecular weight is 265 g/mol. The van der Waals surface area contributed by atoms with Crippen molar-refractivity contribution in [3.63, 3.8) is 0 Å². The van der Waals surface area contributed by atoms with E-state index in [2.05, 4.69) is 9.02 Å². The molecule has 1 fully saturated rings. The van der Waals surface area contributed by atoms with Gasteiger partial charge in [-0.25, -0.2) is 0 Å². The summed E-state index contributed by atoms with van der Waals surface area (Å²) in [7, 11) is -4.61. The van der Waals surface area contributed by atoms with Crippen LogP contribution >= 0.6 is 0 Å². The van der Waals surface area contributed by atoms with Crippen LogP contribution in [0.1, 0.15) is 12.8 Å². The highest BCUT2D eigenvalue weighted by Gasteiger charge is 2.51. The van der Waals surface area contributed by atoms with E-state index in [4.69, 9.17) is 0 Å². The predicted molar refractivity (Wildman–Crippen MR) is 43.9 cm³/mol. The molecule has 2 atom stereocenters. The maximum Gasteiger partial charge on any atom is 0.524 e. The van der Waals surface area contributed by atoms with E-state index >= 15 is 0 Å². The summed E-state index contributed by atoms with van der Waals surface area (Å²) in [6.45, 7) is 0. The number of halogens is 3. The lowest BCUT2D eigenvalue weighted by molar-refractivity contribution is -0.227. The Labute approximate surface area is 89.6 Å². The number of nitrogens with zero attached hydrogens (tertiary/aromatic N) is 1. The summed E-state index contributed by atoms with van der Waals surface area (Å²) in [5.74, 6) is 0. The summed E-state index contributed by atoms with van der Waals surface area (Å²) in [4.78, 5) is 0. The molecule has 16 heavy (non-hydrogen) atoms. The van der Waals surface area contributed by atoms with E-state index in [0.29, 0.717) is 0 Å². The third kappa shape index (κ3) is 2.63. The lowest BCUT2D eigenvalue weighted by Crippen LogP contribution is -2.42. The Kier molecular flexibility index (Phi) is 3.80. The molecular formula is C6H10F3NO5S. The Morgan fingerprint density at radius 1 is 1.38 bits per heavy atom. The van der Waals surface area contributed by atoms with Crippen molar-refractivity contribution in [3.05, 3.63) is 0 Å². The number of rotatable bonds is 3. The van der Waals surface area contributed by atoms with Crippen molar-refractivity contribution in [2.24, 2.45) is 0 Å². The third-order valence-electron chi connectivity index (χ3n) is 1.99. The van der Waals surface area contributed by atoms with Crippen molar-refractivity contribution in [2.75, 3.05) is 7.11 Å². The van der Waals surface area contributed by atoms with E-state index < -0.39 is 28.1 Å². The summed E-state index contributed by atoms with van der Waals surface area (Å²) in [5.41, 5.74) is -5.53. The number of aliphatic hydroxyl groups excluding tert-OH is 1. The number of hydrogen-bond donors (Lipinski definition) is 1. The van der Waals surface area contributed by atoms with E-state index in [9.17, 15) is 26.7 Å². The Balaban J connectivity index is 2.80. The standard InChI is InChI=1S/C6H10F3NO5S/c1-14-5-3-2-4(11)10(5)15-16(12,13)6(7,8)9/h4-5,11H,2-3H2,1H3. The van der Waals surface area contributed by atoms with Crippen LogP contribution in [0.3, 0.4) is 0 Å². The lowest BCUT2D eigenvalue weighted by atomic mass is 10.3. The van der Waals surface area contributed by atoms with Crippen LogP contribution in [0.15, 0.2) is 0 Å². The molecule has 6 nitrogen and oxygen atoms in total. The van der Waals surface area contributed by atoms with E-state index in [1.54, 1.807) is 0 Å². The number of ether oxygens (including phenoxy) is 1. The van der Waals surface area contributed by atoms with Gasteiger partial charge < -0.3 is 9.84 Å². The molecule has 1 aliphatic heterocycles. The van der Waals surface area contributed by atoms with Gasteiger partial charge in [-0.05, 0) is 12.8 Å². The van der Waals surface area contributed by atoms with Crippen LogP contribution in [0.4, 0.5) is 13.2 Å². The van der Waals surface area contributed by atoms with Crippen molar-refractivity contribution in [1.82, 2.24) is 5.06 Å². The Morgan fingerprint density at radius 2 is 1.94 bits per heavy atom. The first-order chi connectivity index (χ1) is 7.19. The second-order valence-corrected chi connectivity index (χ2v) is 4.60. The molecule has 0 aromatic carbocycles. The number of alkyl halides is 3. The average Bonchev–Trinajstić information content (AvgIpc) is 2.45.